The first kappa shape index (κ1) is 19.2. The summed E-state index contributed by atoms with van der Waals surface area (Å²) in [6.07, 6.45) is 3.20. The van der Waals surface area contributed by atoms with Crippen LogP contribution in [0.15, 0.2) is 0 Å². The number of nitrogens with two attached hydrogens (primary N) is 1. The molecular formula is C14H27ClN2O3. The van der Waals surface area contributed by atoms with Gasteiger partial charge in [0, 0.05) is 6.04 Å². The van der Waals surface area contributed by atoms with Crippen molar-refractivity contribution < 1.29 is 14.3 Å². The molecule has 0 aromatic rings. The summed E-state index contributed by atoms with van der Waals surface area (Å²) in [4.78, 5) is 23.4. The maximum absolute atomic E-state index is 11.8. The van der Waals surface area contributed by atoms with Crippen molar-refractivity contribution in [3.8, 4) is 0 Å². The predicted molar refractivity (Wildman–Crippen MR) is 80.6 cm³/mol. The highest BCUT2D eigenvalue weighted by atomic mass is 35.5. The van der Waals surface area contributed by atoms with E-state index in [9.17, 15) is 9.59 Å². The van der Waals surface area contributed by atoms with Gasteiger partial charge in [0.2, 0.25) is 5.91 Å². The van der Waals surface area contributed by atoms with Crippen molar-refractivity contribution in [2.75, 3.05) is 6.61 Å². The van der Waals surface area contributed by atoms with Crippen LogP contribution in [-0.2, 0) is 14.3 Å². The van der Waals surface area contributed by atoms with E-state index in [1.807, 2.05) is 20.8 Å². The van der Waals surface area contributed by atoms with Gasteiger partial charge in [-0.05, 0) is 38.5 Å². The number of esters is 1. The highest BCUT2D eigenvalue weighted by Gasteiger charge is 2.29. The Labute approximate surface area is 127 Å². The van der Waals surface area contributed by atoms with Gasteiger partial charge in [-0.25, -0.2) is 0 Å². The second-order valence-corrected chi connectivity index (χ2v) is 5.58. The third-order valence-electron chi connectivity index (χ3n) is 3.71. The number of rotatable bonds is 5. The van der Waals surface area contributed by atoms with E-state index < -0.39 is 6.04 Å². The van der Waals surface area contributed by atoms with Gasteiger partial charge in [-0.15, -0.1) is 12.4 Å². The molecule has 5 nitrogen and oxygen atoms in total. The Morgan fingerprint density at radius 3 is 2.25 bits per heavy atom. The molecule has 0 aliphatic heterocycles. The molecule has 118 valence electrons. The largest absolute Gasteiger partial charge is 0.466 e. The number of ether oxygens (including phenoxy) is 1. The van der Waals surface area contributed by atoms with Gasteiger partial charge in [0.15, 0.2) is 0 Å². The third-order valence-corrected chi connectivity index (χ3v) is 3.71. The zero-order valence-corrected chi connectivity index (χ0v) is 13.4. The smallest absolute Gasteiger partial charge is 0.308 e. The van der Waals surface area contributed by atoms with Gasteiger partial charge < -0.3 is 15.8 Å². The molecule has 6 heteroatoms. The fourth-order valence-corrected chi connectivity index (χ4v) is 2.33. The van der Waals surface area contributed by atoms with Crippen LogP contribution in [0.1, 0.15) is 46.5 Å². The Balaban J connectivity index is 0.00000361. The molecule has 0 bridgehead atoms. The Bertz CT molecular complexity index is 316. The number of amides is 1. The number of halogens is 1. The van der Waals surface area contributed by atoms with Crippen molar-refractivity contribution in [2.45, 2.75) is 58.5 Å². The summed E-state index contributed by atoms with van der Waals surface area (Å²) < 4.78 is 5.02. The summed E-state index contributed by atoms with van der Waals surface area (Å²) in [7, 11) is 0. The lowest BCUT2D eigenvalue weighted by molar-refractivity contribution is -0.149. The quantitative estimate of drug-likeness (QED) is 0.756. The topological polar surface area (TPSA) is 81.4 Å². The lowest BCUT2D eigenvalue weighted by Crippen LogP contribution is -2.48. The highest BCUT2D eigenvalue weighted by Crippen LogP contribution is 2.25. The van der Waals surface area contributed by atoms with Gasteiger partial charge in [-0.3, -0.25) is 9.59 Å². The van der Waals surface area contributed by atoms with Crippen molar-refractivity contribution in [1.29, 1.82) is 0 Å². The third kappa shape index (κ3) is 5.67. The van der Waals surface area contributed by atoms with Gasteiger partial charge >= 0.3 is 5.97 Å². The van der Waals surface area contributed by atoms with Gasteiger partial charge in [-0.2, -0.15) is 0 Å². The molecule has 1 atom stereocenters. The molecule has 1 fully saturated rings. The molecule has 0 saturated heterocycles. The van der Waals surface area contributed by atoms with Crippen LogP contribution in [0, 0.1) is 11.8 Å². The fourth-order valence-electron chi connectivity index (χ4n) is 2.33. The summed E-state index contributed by atoms with van der Waals surface area (Å²) in [5.41, 5.74) is 5.81. The van der Waals surface area contributed by atoms with Crippen LogP contribution in [0.4, 0.5) is 0 Å². The second-order valence-electron chi connectivity index (χ2n) is 5.58. The molecule has 3 N–H and O–H groups in total. The van der Waals surface area contributed by atoms with E-state index in [0.29, 0.717) is 6.61 Å². The van der Waals surface area contributed by atoms with E-state index in [2.05, 4.69) is 5.32 Å². The molecule has 0 aromatic carbocycles. The van der Waals surface area contributed by atoms with Crippen molar-refractivity contribution in [2.24, 2.45) is 17.6 Å². The molecule has 1 rings (SSSR count). The van der Waals surface area contributed by atoms with Crippen LogP contribution >= 0.6 is 12.4 Å². The monoisotopic (exact) mass is 306 g/mol. The molecule has 0 aromatic heterocycles. The molecule has 1 unspecified atom stereocenters. The number of hydrogen-bond acceptors (Lipinski definition) is 4. The van der Waals surface area contributed by atoms with Gasteiger partial charge in [0.1, 0.15) is 0 Å². The predicted octanol–water partition coefficient (Wildman–Crippen LogP) is 1.63. The standard InChI is InChI=1S/C14H26N2O3.ClH/c1-4-19-14(18)10-5-7-11(8-6-10)16-13(17)12(15)9(2)3;/h9-12H,4-8,15H2,1-3H3,(H,16,17);1H. The number of nitrogens with one attached hydrogen (secondary N) is 1. The van der Waals surface area contributed by atoms with E-state index in [4.69, 9.17) is 10.5 Å². The first-order chi connectivity index (χ1) is 8.95. The summed E-state index contributed by atoms with van der Waals surface area (Å²) >= 11 is 0. The minimum absolute atomic E-state index is 0. The summed E-state index contributed by atoms with van der Waals surface area (Å²) in [6.45, 7) is 6.11. The molecule has 1 amide bonds. The van der Waals surface area contributed by atoms with E-state index in [0.717, 1.165) is 25.7 Å². The first-order valence-electron chi connectivity index (χ1n) is 7.18. The van der Waals surface area contributed by atoms with Crippen molar-refractivity contribution in [1.82, 2.24) is 5.32 Å². The Hall–Kier alpha value is -0.810. The van der Waals surface area contributed by atoms with E-state index in [1.165, 1.54) is 0 Å². The minimum atomic E-state index is -0.456. The number of carbonyl (C=O) groups is 2. The van der Waals surface area contributed by atoms with E-state index in [1.54, 1.807) is 0 Å². The van der Waals surface area contributed by atoms with Gasteiger partial charge in [0.25, 0.3) is 0 Å². The second kappa shape index (κ2) is 9.19. The summed E-state index contributed by atoms with van der Waals surface area (Å²) in [5.74, 6) is -0.0662. The van der Waals surface area contributed by atoms with Crippen LogP contribution in [0.25, 0.3) is 0 Å². The number of carbonyl (C=O) groups excluding carboxylic acids is 2. The average Bonchev–Trinajstić information content (AvgIpc) is 2.38. The lowest BCUT2D eigenvalue weighted by atomic mass is 9.86. The molecule has 0 spiro atoms. The fraction of sp³-hybridized carbons (Fsp3) is 0.857. The molecule has 1 saturated carbocycles. The molecule has 20 heavy (non-hydrogen) atoms. The normalized spacial score (nSPS) is 23.6. The van der Waals surface area contributed by atoms with Crippen molar-refractivity contribution in [3.05, 3.63) is 0 Å². The van der Waals surface area contributed by atoms with Crippen LogP contribution in [0.5, 0.6) is 0 Å². The Kier molecular flexibility index (Phi) is 8.81. The van der Waals surface area contributed by atoms with Crippen LogP contribution < -0.4 is 11.1 Å². The Morgan fingerprint density at radius 1 is 1.25 bits per heavy atom. The van der Waals surface area contributed by atoms with Crippen molar-refractivity contribution >= 4 is 24.3 Å². The van der Waals surface area contributed by atoms with Crippen LogP contribution in [-0.4, -0.2) is 30.6 Å². The lowest BCUT2D eigenvalue weighted by Gasteiger charge is -2.29. The van der Waals surface area contributed by atoms with E-state index in [-0.39, 0.29) is 42.2 Å². The maximum Gasteiger partial charge on any atom is 0.308 e. The average molecular weight is 307 g/mol. The first-order valence-corrected chi connectivity index (χ1v) is 7.18. The summed E-state index contributed by atoms with van der Waals surface area (Å²) in [5, 5.41) is 2.98. The highest BCUT2D eigenvalue weighted by molar-refractivity contribution is 5.85. The zero-order valence-electron chi connectivity index (χ0n) is 12.6. The SMILES string of the molecule is CCOC(=O)C1CCC(NC(=O)C(N)C(C)C)CC1.Cl. The van der Waals surface area contributed by atoms with E-state index >= 15 is 0 Å². The molecule has 0 heterocycles. The summed E-state index contributed by atoms with van der Waals surface area (Å²) in [6, 6.07) is -0.314. The van der Waals surface area contributed by atoms with Crippen molar-refractivity contribution in [3.63, 3.8) is 0 Å². The van der Waals surface area contributed by atoms with Crippen LogP contribution in [0.3, 0.4) is 0 Å². The van der Waals surface area contributed by atoms with Gasteiger partial charge in [-0.1, -0.05) is 13.8 Å². The van der Waals surface area contributed by atoms with Crippen LogP contribution in [0.2, 0.25) is 0 Å². The molecular weight excluding hydrogens is 280 g/mol. The van der Waals surface area contributed by atoms with Gasteiger partial charge in [0.05, 0.1) is 18.6 Å². The number of hydrogen-bond donors (Lipinski definition) is 2. The molecule has 0 radical (unpaired) electrons. The Morgan fingerprint density at radius 2 is 1.80 bits per heavy atom. The minimum Gasteiger partial charge on any atom is -0.466 e. The maximum atomic E-state index is 11.8. The molecule has 1 aliphatic carbocycles. The zero-order chi connectivity index (χ0) is 14.4. The molecule has 1 aliphatic rings.